The van der Waals surface area contributed by atoms with E-state index in [1.54, 1.807) is 17.3 Å². The molecule has 2 amide bonds. The van der Waals surface area contributed by atoms with Crippen molar-refractivity contribution in [2.24, 2.45) is 5.73 Å². The van der Waals surface area contributed by atoms with Crippen LogP contribution in [-0.4, -0.2) is 72.4 Å². The number of carbonyl (C=O) groups excluding carboxylic acids is 1. The fraction of sp³-hybridized carbons (Fsp3) is 0.333. The summed E-state index contributed by atoms with van der Waals surface area (Å²) in [6.07, 6.45) is 2.96. The van der Waals surface area contributed by atoms with Crippen LogP contribution in [0.15, 0.2) is 42.7 Å². The summed E-state index contributed by atoms with van der Waals surface area (Å²) in [7, 11) is 4.00. The summed E-state index contributed by atoms with van der Waals surface area (Å²) in [6.45, 7) is 1.51. The van der Waals surface area contributed by atoms with Gasteiger partial charge in [-0.15, -0.1) is 0 Å². The first kappa shape index (κ1) is 19.8. The zero-order valence-corrected chi connectivity index (χ0v) is 17.0. The molecule has 0 unspecified atom stereocenters. The molecule has 1 fully saturated rings. The number of carbonyl (C=O) groups is 1. The fourth-order valence-electron chi connectivity index (χ4n) is 3.31. The molecule has 1 atom stereocenters. The highest BCUT2D eigenvalue weighted by Crippen LogP contribution is 2.28. The lowest BCUT2D eigenvalue weighted by atomic mass is 10.1. The standard InChI is InChI=1S/C21H24N6O3/c1-26(2)15-5-3-14(4-6-15)17-11-18-19(24-8-7-23-18)20(25-17)30-13-16-12-27(21(22)28)9-10-29-16/h3-8,11,16H,9-10,12-13H2,1-2H3,(H2,22,28)/t16-/m0/s1. The summed E-state index contributed by atoms with van der Waals surface area (Å²) < 4.78 is 11.7. The highest BCUT2D eigenvalue weighted by Gasteiger charge is 2.24. The molecule has 0 aliphatic carbocycles. The Morgan fingerprint density at radius 2 is 2.03 bits per heavy atom. The molecular weight excluding hydrogens is 384 g/mol. The van der Waals surface area contributed by atoms with Gasteiger partial charge in [0.2, 0.25) is 5.88 Å². The lowest BCUT2D eigenvalue weighted by Gasteiger charge is -2.31. The van der Waals surface area contributed by atoms with Crippen LogP contribution in [0.5, 0.6) is 5.88 Å². The van der Waals surface area contributed by atoms with E-state index in [0.717, 1.165) is 16.9 Å². The van der Waals surface area contributed by atoms with Crippen molar-refractivity contribution in [3.05, 3.63) is 42.7 Å². The Balaban J connectivity index is 1.60. The summed E-state index contributed by atoms with van der Waals surface area (Å²) in [5.41, 5.74) is 9.45. The van der Waals surface area contributed by atoms with Gasteiger partial charge in [0.1, 0.15) is 12.7 Å². The Bertz CT molecular complexity index is 1040. The van der Waals surface area contributed by atoms with Crippen LogP contribution in [0.1, 0.15) is 0 Å². The lowest BCUT2D eigenvalue weighted by molar-refractivity contribution is -0.0346. The van der Waals surface area contributed by atoms with Crippen LogP contribution < -0.4 is 15.4 Å². The van der Waals surface area contributed by atoms with Crippen LogP contribution in [0.3, 0.4) is 0 Å². The summed E-state index contributed by atoms with van der Waals surface area (Å²) in [5, 5.41) is 0. The van der Waals surface area contributed by atoms with Crippen molar-refractivity contribution in [3.63, 3.8) is 0 Å². The van der Waals surface area contributed by atoms with Crippen LogP contribution in [-0.2, 0) is 4.74 Å². The molecule has 1 saturated heterocycles. The molecular formula is C21H24N6O3. The van der Waals surface area contributed by atoms with E-state index in [9.17, 15) is 4.79 Å². The number of anilines is 1. The second-order valence-corrected chi connectivity index (χ2v) is 7.27. The Morgan fingerprint density at radius 3 is 2.77 bits per heavy atom. The normalized spacial score (nSPS) is 16.5. The molecule has 0 radical (unpaired) electrons. The van der Waals surface area contributed by atoms with E-state index in [0.29, 0.717) is 36.6 Å². The van der Waals surface area contributed by atoms with Gasteiger partial charge in [0.25, 0.3) is 0 Å². The van der Waals surface area contributed by atoms with Gasteiger partial charge in [0, 0.05) is 44.3 Å². The second kappa shape index (κ2) is 8.50. The summed E-state index contributed by atoms with van der Waals surface area (Å²) >= 11 is 0. The number of morpholine rings is 1. The number of rotatable bonds is 5. The van der Waals surface area contributed by atoms with Gasteiger partial charge < -0.3 is 25.0 Å². The second-order valence-electron chi connectivity index (χ2n) is 7.27. The van der Waals surface area contributed by atoms with Crippen LogP contribution in [0.4, 0.5) is 10.5 Å². The number of ether oxygens (including phenoxy) is 2. The van der Waals surface area contributed by atoms with Crippen molar-refractivity contribution in [2.75, 3.05) is 45.3 Å². The molecule has 0 saturated carbocycles. The smallest absolute Gasteiger partial charge is 0.314 e. The maximum absolute atomic E-state index is 11.4. The van der Waals surface area contributed by atoms with E-state index in [1.807, 2.05) is 49.3 Å². The molecule has 3 aromatic rings. The van der Waals surface area contributed by atoms with Gasteiger partial charge in [-0.1, -0.05) is 12.1 Å². The number of benzene rings is 1. The first-order valence-electron chi connectivity index (χ1n) is 9.69. The van der Waals surface area contributed by atoms with Crippen LogP contribution in [0.25, 0.3) is 22.3 Å². The molecule has 2 N–H and O–H groups in total. The van der Waals surface area contributed by atoms with Gasteiger partial charge in [-0.2, -0.15) is 0 Å². The molecule has 30 heavy (non-hydrogen) atoms. The minimum atomic E-state index is -0.457. The van der Waals surface area contributed by atoms with Crippen LogP contribution in [0, 0.1) is 0 Å². The molecule has 0 bridgehead atoms. The molecule has 4 rings (SSSR count). The minimum absolute atomic E-state index is 0.228. The predicted molar refractivity (Wildman–Crippen MR) is 113 cm³/mol. The highest BCUT2D eigenvalue weighted by atomic mass is 16.5. The van der Waals surface area contributed by atoms with Crippen molar-refractivity contribution < 1.29 is 14.3 Å². The molecule has 1 aromatic carbocycles. The van der Waals surface area contributed by atoms with Gasteiger partial charge >= 0.3 is 6.03 Å². The first-order valence-corrected chi connectivity index (χ1v) is 9.69. The summed E-state index contributed by atoms with van der Waals surface area (Å²) in [5.74, 6) is 0.382. The quantitative estimate of drug-likeness (QED) is 0.687. The Hall–Kier alpha value is -3.46. The van der Waals surface area contributed by atoms with Crippen LogP contribution in [0.2, 0.25) is 0 Å². The third-order valence-electron chi connectivity index (χ3n) is 4.96. The number of aromatic nitrogens is 3. The van der Waals surface area contributed by atoms with E-state index >= 15 is 0 Å². The molecule has 1 aliphatic heterocycles. The van der Waals surface area contributed by atoms with Gasteiger partial charge in [-0.25, -0.2) is 14.8 Å². The number of primary amides is 1. The third kappa shape index (κ3) is 4.25. The van der Waals surface area contributed by atoms with E-state index in [-0.39, 0.29) is 12.7 Å². The molecule has 3 heterocycles. The SMILES string of the molecule is CN(C)c1ccc(-c2cc3nccnc3c(OC[C@@H]3CN(C(N)=O)CCO3)n2)cc1. The zero-order chi connectivity index (χ0) is 21.1. The van der Waals surface area contributed by atoms with Crippen molar-refractivity contribution in [1.82, 2.24) is 19.9 Å². The number of hydrogen-bond acceptors (Lipinski definition) is 7. The number of hydrogen-bond donors (Lipinski definition) is 1. The van der Waals surface area contributed by atoms with Gasteiger partial charge in [0.05, 0.1) is 24.4 Å². The Kier molecular flexibility index (Phi) is 5.62. The monoisotopic (exact) mass is 408 g/mol. The first-order chi connectivity index (χ1) is 14.5. The number of nitrogens with zero attached hydrogens (tertiary/aromatic N) is 5. The van der Waals surface area contributed by atoms with Crippen molar-refractivity contribution in [3.8, 4) is 17.1 Å². The molecule has 9 nitrogen and oxygen atoms in total. The highest BCUT2D eigenvalue weighted by molar-refractivity contribution is 5.83. The van der Waals surface area contributed by atoms with Crippen molar-refractivity contribution >= 4 is 22.8 Å². The van der Waals surface area contributed by atoms with E-state index in [1.165, 1.54) is 0 Å². The summed E-state index contributed by atoms with van der Waals surface area (Å²) in [4.78, 5) is 28.5. The topological polar surface area (TPSA) is 107 Å². The number of nitrogens with two attached hydrogens (primary N) is 1. The molecule has 0 spiro atoms. The fourth-order valence-corrected chi connectivity index (χ4v) is 3.31. The number of pyridine rings is 1. The molecule has 2 aromatic heterocycles. The molecule has 9 heteroatoms. The molecule has 156 valence electrons. The number of urea groups is 1. The van der Waals surface area contributed by atoms with Crippen molar-refractivity contribution in [1.29, 1.82) is 0 Å². The Labute approximate surface area is 174 Å². The lowest BCUT2D eigenvalue weighted by Crippen LogP contribution is -2.49. The largest absolute Gasteiger partial charge is 0.473 e. The van der Waals surface area contributed by atoms with Gasteiger partial charge in [-0.3, -0.25) is 4.98 Å². The number of amides is 2. The van der Waals surface area contributed by atoms with E-state index in [4.69, 9.17) is 15.2 Å². The number of fused-ring (bicyclic) bond motifs is 1. The average molecular weight is 408 g/mol. The average Bonchev–Trinajstić information content (AvgIpc) is 2.77. The van der Waals surface area contributed by atoms with E-state index in [2.05, 4.69) is 15.0 Å². The minimum Gasteiger partial charge on any atom is -0.473 e. The van der Waals surface area contributed by atoms with Gasteiger partial charge in [-0.05, 0) is 18.2 Å². The maximum Gasteiger partial charge on any atom is 0.314 e. The maximum atomic E-state index is 11.4. The summed E-state index contributed by atoms with van der Waals surface area (Å²) in [6, 6.07) is 9.53. The van der Waals surface area contributed by atoms with Gasteiger partial charge in [0.15, 0.2) is 5.52 Å². The molecule has 1 aliphatic rings. The zero-order valence-electron chi connectivity index (χ0n) is 17.0. The predicted octanol–water partition coefficient (Wildman–Crippen LogP) is 1.92. The van der Waals surface area contributed by atoms with Crippen molar-refractivity contribution in [2.45, 2.75) is 6.10 Å². The van der Waals surface area contributed by atoms with E-state index < -0.39 is 6.03 Å². The third-order valence-corrected chi connectivity index (χ3v) is 4.96. The Morgan fingerprint density at radius 1 is 1.27 bits per heavy atom. The van der Waals surface area contributed by atoms with Crippen LogP contribution >= 0.6 is 0 Å².